The van der Waals surface area contributed by atoms with Crippen molar-refractivity contribution >= 4 is 11.8 Å². The highest BCUT2D eigenvalue weighted by Crippen LogP contribution is 2.54. The van der Waals surface area contributed by atoms with Crippen molar-refractivity contribution in [3.63, 3.8) is 0 Å². The van der Waals surface area contributed by atoms with E-state index in [1.807, 2.05) is 24.3 Å². The van der Waals surface area contributed by atoms with Gasteiger partial charge in [0, 0.05) is 5.69 Å². The molecule has 118 valence electrons. The van der Waals surface area contributed by atoms with Crippen LogP contribution >= 0.6 is 0 Å². The van der Waals surface area contributed by atoms with E-state index in [1.54, 1.807) is 7.11 Å². The Balaban J connectivity index is 1.37. The van der Waals surface area contributed by atoms with E-state index < -0.39 is 0 Å². The summed E-state index contributed by atoms with van der Waals surface area (Å²) in [7, 11) is 1.63. The Bertz CT molecular complexity index is 526. The second-order valence-corrected chi connectivity index (χ2v) is 7.15. The summed E-state index contributed by atoms with van der Waals surface area (Å²) in [5.74, 6) is 3.76. The lowest BCUT2D eigenvalue weighted by Gasteiger charge is -2.53. The van der Waals surface area contributed by atoms with Crippen LogP contribution in [0.15, 0.2) is 24.3 Å². The maximum atomic E-state index is 12.2. The van der Waals surface area contributed by atoms with Crippen LogP contribution in [-0.2, 0) is 4.74 Å². The zero-order valence-corrected chi connectivity index (χ0v) is 13.0. The third kappa shape index (κ3) is 2.55. The smallest absolute Gasteiger partial charge is 0.411 e. The third-order valence-corrected chi connectivity index (χ3v) is 5.72. The van der Waals surface area contributed by atoms with Crippen molar-refractivity contribution < 1.29 is 14.3 Å². The monoisotopic (exact) mass is 301 g/mol. The maximum absolute atomic E-state index is 12.2. The maximum Gasteiger partial charge on any atom is 0.411 e. The van der Waals surface area contributed by atoms with Gasteiger partial charge in [0.05, 0.1) is 7.11 Å². The molecule has 22 heavy (non-hydrogen) atoms. The highest BCUT2D eigenvalue weighted by Gasteiger charge is 2.49. The van der Waals surface area contributed by atoms with Gasteiger partial charge in [0.1, 0.15) is 11.9 Å². The molecule has 1 amide bonds. The molecule has 4 fully saturated rings. The summed E-state index contributed by atoms with van der Waals surface area (Å²) in [4.78, 5) is 12.2. The lowest BCUT2D eigenvalue weighted by Crippen LogP contribution is -2.50. The van der Waals surface area contributed by atoms with Gasteiger partial charge in [0.2, 0.25) is 0 Å². The summed E-state index contributed by atoms with van der Waals surface area (Å²) in [5.41, 5.74) is 0.745. The zero-order valence-electron chi connectivity index (χ0n) is 13.0. The van der Waals surface area contributed by atoms with Gasteiger partial charge in [0.25, 0.3) is 0 Å². The number of carbonyl (C=O) groups excluding carboxylic acids is 1. The summed E-state index contributed by atoms with van der Waals surface area (Å²) in [6.07, 6.45) is 6.26. The van der Waals surface area contributed by atoms with Crippen LogP contribution in [0.25, 0.3) is 0 Å². The standard InChI is InChI=1S/C18H23NO3/c1-21-16-4-2-15(3-5-16)19-18(20)22-17-13-7-11-6-12(9-13)10-14(17)8-11/h2-5,11-14,17H,6-10H2,1H3,(H,19,20). The Morgan fingerprint density at radius 1 is 1.00 bits per heavy atom. The Labute approximate surface area is 131 Å². The van der Waals surface area contributed by atoms with Gasteiger partial charge in [-0.25, -0.2) is 4.79 Å². The first-order chi connectivity index (χ1) is 10.7. The average Bonchev–Trinajstić information content (AvgIpc) is 2.51. The predicted molar refractivity (Wildman–Crippen MR) is 83.9 cm³/mol. The molecule has 0 radical (unpaired) electrons. The SMILES string of the molecule is COc1ccc(NC(=O)OC2C3CC4CC(C3)CC2C4)cc1. The molecule has 4 heteroatoms. The summed E-state index contributed by atoms with van der Waals surface area (Å²) < 4.78 is 10.9. The summed E-state index contributed by atoms with van der Waals surface area (Å²) in [6.45, 7) is 0. The van der Waals surface area contributed by atoms with Crippen LogP contribution in [0, 0.1) is 23.7 Å². The highest BCUT2D eigenvalue weighted by molar-refractivity contribution is 5.84. The average molecular weight is 301 g/mol. The minimum Gasteiger partial charge on any atom is -0.497 e. The minimum absolute atomic E-state index is 0.131. The number of benzene rings is 1. The molecule has 0 unspecified atom stereocenters. The van der Waals surface area contributed by atoms with E-state index in [2.05, 4.69) is 5.32 Å². The molecule has 4 nitrogen and oxygen atoms in total. The molecule has 4 bridgehead atoms. The van der Waals surface area contributed by atoms with E-state index >= 15 is 0 Å². The Hall–Kier alpha value is -1.71. The minimum atomic E-state index is -0.317. The molecule has 4 aliphatic rings. The Morgan fingerprint density at radius 2 is 1.59 bits per heavy atom. The van der Waals surface area contributed by atoms with Gasteiger partial charge in [-0.2, -0.15) is 0 Å². The lowest BCUT2D eigenvalue weighted by atomic mass is 9.55. The van der Waals surface area contributed by atoms with Crippen molar-refractivity contribution in [3.8, 4) is 5.75 Å². The summed E-state index contributed by atoms with van der Waals surface area (Å²) in [5, 5.41) is 2.84. The van der Waals surface area contributed by atoms with E-state index in [9.17, 15) is 4.79 Å². The van der Waals surface area contributed by atoms with Crippen LogP contribution in [0.2, 0.25) is 0 Å². The molecular formula is C18H23NO3. The van der Waals surface area contributed by atoms with E-state index in [-0.39, 0.29) is 12.2 Å². The van der Waals surface area contributed by atoms with Gasteiger partial charge in [-0.3, -0.25) is 5.32 Å². The second kappa shape index (κ2) is 5.49. The van der Waals surface area contributed by atoms with Crippen LogP contribution in [0.3, 0.4) is 0 Å². The van der Waals surface area contributed by atoms with Crippen molar-refractivity contribution in [3.05, 3.63) is 24.3 Å². The molecule has 4 saturated carbocycles. The van der Waals surface area contributed by atoms with E-state index in [1.165, 1.54) is 32.1 Å². The molecule has 5 rings (SSSR count). The fraction of sp³-hybridized carbons (Fsp3) is 0.611. The number of hydrogen-bond donors (Lipinski definition) is 1. The predicted octanol–water partition coefficient (Wildman–Crippen LogP) is 4.07. The van der Waals surface area contributed by atoms with Gasteiger partial charge in [-0.1, -0.05) is 0 Å². The fourth-order valence-electron chi connectivity index (χ4n) is 5.01. The molecule has 1 aromatic rings. The number of rotatable bonds is 3. The summed E-state index contributed by atoms with van der Waals surface area (Å²) in [6, 6.07) is 7.32. The van der Waals surface area contributed by atoms with Crippen molar-refractivity contribution in [1.29, 1.82) is 0 Å². The van der Waals surface area contributed by atoms with Crippen LogP contribution in [0.5, 0.6) is 5.75 Å². The first-order valence-electron chi connectivity index (χ1n) is 8.33. The van der Waals surface area contributed by atoms with Crippen LogP contribution in [0.4, 0.5) is 10.5 Å². The van der Waals surface area contributed by atoms with E-state index in [0.29, 0.717) is 11.8 Å². The van der Waals surface area contributed by atoms with Gasteiger partial charge >= 0.3 is 6.09 Å². The largest absolute Gasteiger partial charge is 0.497 e. The van der Waals surface area contributed by atoms with E-state index in [0.717, 1.165) is 23.3 Å². The van der Waals surface area contributed by atoms with Gasteiger partial charge < -0.3 is 9.47 Å². The number of nitrogens with one attached hydrogen (secondary N) is 1. The molecule has 4 aliphatic carbocycles. The number of hydrogen-bond acceptors (Lipinski definition) is 3. The van der Waals surface area contributed by atoms with Crippen LogP contribution in [0.1, 0.15) is 32.1 Å². The highest BCUT2D eigenvalue weighted by atomic mass is 16.6. The van der Waals surface area contributed by atoms with Crippen LogP contribution in [-0.4, -0.2) is 19.3 Å². The molecule has 0 saturated heterocycles. The molecule has 0 aliphatic heterocycles. The topological polar surface area (TPSA) is 47.6 Å². The number of methoxy groups -OCH3 is 1. The van der Waals surface area contributed by atoms with Crippen molar-refractivity contribution in [2.75, 3.05) is 12.4 Å². The number of amides is 1. The molecule has 0 atom stereocenters. The third-order valence-electron chi connectivity index (χ3n) is 5.72. The molecular weight excluding hydrogens is 278 g/mol. The quantitative estimate of drug-likeness (QED) is 0.915. The Kier molecular flexibility index (Phi) is 3.47. The number of ether oxygens (including phenoxy) is 2. The number of anilines is 1. The van der Waals surface area contributed by atoms with E-state index in [4.69, 9.17) is 9.47 Å². The second-order valence-electron chi connectivity index (χ2n) is 7.15. The number of carbonyl (C=O) groups is 1. The molecule has 0 heterocycles. The van der Waals surface area contributed by atoms with Crippen LogP contribution < -0.4 is 10.1 Å². The lowest BCUT2D eigenvalue weighted by molar-refractivity contribution is -0.0933. The van der Waals surface area contributed by atoms with Gasteiger partial charge in [0.15, 0.2) is 0 Å². The Morgan fingerprint density at radius 3 is 2.14 bits per heavy atom. The first kappa shape index (κ1) is 13.9. The normalized spacial score (nSPS) is 35.2. The van der Waals surface area contributed by atoms with Crippen molar-refractivity contribution in [1.82, 2.24) is 0 Å². The molecule has 0 spiro atoms. The molecule has 1 N–H and O–H groups in total. The zero-order chi connectivity index (χ0) is 15.1. The van der Waals surface area contributed by atoms with Crippen molar-refractivity contribution in [2.45, 2.75) is 38.2 Å². The fourth-order valence-corrected chi connectivity index (χ4v) is 5.01. The van der Waals surface area contributed by atoms with Crippen molar-refractivity contribution in [2.24, 2.45) is 23.7 Å². The summed E-state index contributed by atoms with van der Waals surface area (Å²) >= 11 is 0. The first-order valence-corrected chi connectivity index (χ1v) is 8.33. The molecule has 0 aromatic heterocycles. The van der Waals surface area contributed by atoms with Gasteiger partial charge in [-0.15, -0.1) is 0 Å². The van der Waals surface area contributed by atoms with Gasteiger partial charge in [-0.05, 0) is 80.0 Å². The molecule has 1 aromatic carbocycles.